The highest BCUT2D eigenvalue weighted by Gasteiger charge is 2.38. The normalized spacial score (nSPS) is 23.2. The Bertz CT molecular complexity index is 576. The Morgan fingerprint density at radius 3 is 2.62 bits per heavy atom. The van der Waals surface area contributed by atoms with Crippen molar-refractivity contribution < 1.29 is 17.5 Å². The minimum absolute atomic E-state index is 0.190. The summed E-state index contributed by atoms with van der Waals surface area (Å²) in [6.07, 6.45) is 1.02. The first-order valence-corrected chi connectivity index (χ1v) is 8.68. The molecule has 6 heteroatoms. The van der Waals surface area contributed by atoms with Gasteiger partial charge in [-0.05, 0) is 18.9 Å². The fourth-order valence-electron chi connectivity index (χ4n) is 2.78. The number of nitrogens with zero attached hydrogens (tertiary/aromatic N) is 1. The van der Waals surface area contributed by atoms with E-state index in [1.807, 2.05) is 18.2 Å². The van der Waals surface area contributed by atoms with E-state index in [2.05, 4.69) is 0 Å². The molecule has 0 bridgehead atoms. The van der Waals surface area contributed by atoms with Crippen LogP contribution in [0.4, 0.5) is 4.39 Å². The Morgan fingerprint density at radius 2 is 1.95 bits per heavy atom. The van der Waals surface area contributed by atoms with Crippen LogP contribution in [0.2, 0.25) is 0 Å². The molecule has 0 amide bonds. The van der Waals surface area contributed by atoms with Crippen molar-refractivity contribution in [2.75, 3.05) is 14.2 Å². The molecule has 0 aromatic heterocycles. The number of hydrogen-bond acceptors (Lipinski definition) is 3. The molecule has 0 heterocycles. The van der Waals surface area contributed by atoms with Crippen molar-refractivity contribution >= 4 is 10.0 Å². The minimum atomic E-state index is -3.63. The second kappa shape index (κ2) is 6.75. The van der Waals surface area contributed by atoms with E-state index in [1.54, 1.807) is 13.2 Å². The molecule has 1 aromatic rings. The molecule has 1 fully saturated rings. The van der Waals surface area contributed by atoms with Crippen LogP contribution in [0.15, 0.2) is 24.3 Å². The highest BCUT2D eigenvalue weighted by molar-refractivity contribution is 7.89. The lowest BCUT2D eigenvalue weighted by Gasteiger charge is -2.30. The summed E-state index contributed by atoms with van der Waals surface area (Å²) < 4.78 is 45.5. The topological polar surface area (TPSA) is 46.6 Å². The molecular weight excluding hydrogens is 293 g/mol. The van der Waals surface area contributed by atoms with Crippen molar-refractivity contribution in [1.29, 1.82) is 0 Å². The molecule has 2 unspecified atom stereocenters. The average Bonchev–Trinajstić information content (AvgIpc) is 2.48. The van der Waals surface area contributed by atoms with E-state index in [0.29, 0.717) is 18.6 Å². The summed E-state index contributed by atoms with van der Waals surface area (Å²) >= 11 is 0. The zero-order chi connectivity index (χ0) is 15.5. The second-order valence-corrected chi connectivity index (χ2v) is 7.71. The van der Waals surface area contributed by atoms with Gasteiger partial charge in [-0.25, -0.2) is 17.1 Å². The summed E-state index contributed by atoms with van der Waals surface area (Å²) in [5, 5.41) is -0.911. The Labute approximate surface area is 126 Å². The average molecular weight is 315 g/mol. The molecule has 4 nitrogen and oxygen atoms in total. The molecule has 0 spiro atoms. The van der Waals surface area contributed by atoms with Crippen molar-refractivity contribution in [3.8, 4) is 5.75 Å². The zero-order valence-electron chi connectivity index (χ0n) is 12.5. The Morgan fingerprint density at radius 1 is 1.29 bits per heavy atom. The van der Waals surface area contributed by atoms with Crippen molar-refractivity contribution in [1.82, 2.24) is 4.31 Å². The molecule has 1 saturated carbocycles. The minimum Gasteiger partial charge on any atom is -0.496 e. The van der Waals surface area contributed by atoms with E-state index in [4.69, 9.17) is 4.74 Å². The maximum Gasteiger partial charge on any atom is 0.219 e. The third-order valence-electron chi connectivity index (χ3n) is 4.02. The van der Waals surface area contributed by atoms with Crippen molar-refractivity contribution in [2.45, 2.75) is 43.6 Å². The molecule has 0 N–H and O–H groups in total. The van der Waals surface area contributed by atoms with Gasteiger partial charge in [-0.15, -0.1) is 0 Å². The highest BCUT2D eigenvalue weighted by Crippen LogP contribution is 2.29. The van der Waals surface area contributed by atoms with Crippen LogP contribution in [0.25, 0.3) is 0 Å². The number of sulfonamides is 1. The zero-order valence-corrected chi connectivity index (χ0v) is 13.3. The van der Waals surface area contributed by atoms with Gasteiger partial charge in [-0.2, -0.15) is 0 Å². The number of halogens is 1. The molecule has 1 aliphatic rings. The van der Waals surface area contributed by atoms with Crippen molar-refractivity contribution in [2.24, 2.45) is 0 Å². The van der Waals surface area contributed by atoms with E-state index in [9.17, 15) is 12.8 Å². The van der Waals surface area contributed by atoms with Gasteiger partial charge in [0.2, 0.25) is 10.0 Å². The van der Waals surface area contributed by atoms with E-state index in [0.717, 1.165) is 18.4 Å². The molecule has 0 aliphatic heterocycles. The lowest BCUT2D eigenvalue weighted by Crippen LogP contribution is -2.42. The van der Waals surface area contributed by atoms with Gasteiger partial charge in [-0.1, -0.05) is 31.0 Å². The van der Waals surface area contributed by atoms with Crippen LogP contribution in [0, 0.1) is 0 Å². The lowest BCUT2D eigenvalue weighted by molar-refractivity contribution is 0.247. The predicted molar refractivity (Wildman–Crippen MR) is 80.5 cm³/mol. The summed E-state index contributed by atoms with van der Waals surface area (Å²) in [5.74, 6) is 0.639. The van der Waals surface area contributed by atoms with Gasteiger partial charge in [0.15, 0.2) is 0 Å². The third kappa shape index (κ3) is 3.55. The second-order valence-electron chi connectivity index (χ2n) is 5.45. The number of rotatable bonds is 5. The Balaban J connectivity index is 2.16. The highest BCUT2D eigenvalue weighted by atomic mass is 32.2. The van der Waals surface area contributed by atoms with Crippen molar-refractivity contribution in [3.63, 3.8) is 0 Å². The molecule has 2 rings (SSSR count). The van der Waals surface area contributed by atoms with Gasteiger partial charge in [0.25, 0.3) is 0 Å². The first-order chi connectivity index (χ1) is 9.96. The van der Waals surface area contributed by atoms with Crippen LogP contribution >= 0.6 is 0 Å². The summed E-state index contributed by atoms with van der Waals surface area (Å²) in [7, 11) is -0.581. The summed E-state index contributed by atoms with van der Waals surface area (Å²) in [6, 6.07) is 7.26. The van der Waals surface area contributed by atoms with Crippen LogP contribution in [-0.2, 0) is 16.6 Å². The van der Waals surface area contributed by atoms with Crippen LogP contribution < -0.4 is 4.74 Å². The van der Waals surface area contributed by atoms with Gasteiger partial charge in [-0.3, -0.25) is 0 Å². The number of para-hydroxylation sites is 1. The van der Waals surface area contributed by atoms with Crippen LogP contribution in [0.5, 0.6) is 5.75 Å². The smallest absolute Gasteiger partial charge is 0.219 e. The fraction of sp³-hybridized carbons (Fsp3) is 0.600. The lowest BCUT2D eigenvalue weighted by atomic mass is 9.98. The molecule has 118 valence electrons. The largest absolute Gasteiger partial charge is 0.496 e. The van der Waals surface area contributed by atoms with Crippen LogP contribution in [0.1, 0.15) is 31.2 Å². The maximum atomic E-state index is 14.0. The first kappa shape index (κ1) is 16.2. The van der Waals surface area contributed by atoms with Crippen molar-refractivity contribution in [3.05, 3.63) is 29.8 Å². The van der Waals surface area contributed by atoms with E-state index in [-0.39, 0.29) is 6.54 Å². The van der Waals surface area contributed by atoms with Crippen LogP contribution in [-0.4, -0.2) is 38.3 Å². The predicted octanol–water partition coefficient (Wildman–Crippen LogP) is 2.74. The Hall–Kier alpha value is -1.14. The number of methoxy groups -OCH3 is 1. The monoisotopic (exact) mass is 315 g/mol. The quantitative estimate of drug-likeness (QED) is 0.839. The number of alkyl halides is 1. The van der Waals surface area contributed by atoms with E-state index < -0.39 is 21.4 Å². The maximum absolute atomic E-state index is 14.0. The van der Waals surface area contributed by atoms with E-state index >= 15 is 0 Å². The van der Waals surface area contributed by atoms with Crippen LogP contribution in [0.3, 0.4) is 0 Å². The molecule has 1 aromatic carbocycles. The standard InChI is InChI=1S/C15H22FNO3S/c1-17(11-12-7-3-5-9-14(12)20-2)21(18,19)15-10-6-4-8-13(15)16/h3,5,7,9,13,15H,4,6,8,10-11H2,1-2H3. The molecule has 2 atom stereocenters. The van der Waals surface area contributed by atoms with Gasteiger partial charge in [0.05, 0.1) is 7.11 Å². The van der Waals surface area contributed by atoms with Gasteiger partial charge >= 0.3 is 0 Å². The van der Waals surface area contributed by atoms with Gasteiger partial charge < -0.3 is 4.74 Å². The third-order valence-corrected chi connectivity index (χ3v) is 6.32. The molecule has 21 heavy (non-hydrogen) atoms. The molecule has 1 aliphatic carbocycles. The number of ether oxygens (including phenoxy) is 1. The Kier molecular flexibility index (Phi) is 5.22. The molecular formula is C15H22FNO3S. The van der Waals surface area contributed by atoms with Gasteiger partial charge in [0.1, 0.15) is 17.2 Å². The summed E-state index contributed by atoms with van der Waals surface area (Å²) in [4.78, 5) is 0. The molecule has 0 saturated heterocycles. The summed E-state index contributed by atoms with van der Waals surface area (Å²) in [5.41, 5.74) is 0.775. The first-order valence-electron chi connectivity index (χ1n) is 7.18. The number of hydrogen-bond donors (Lipinski definition) is 0. The fourth-order valence-corrected chi connectivity index (χ4v) is 4.54. The van der Waals surface area contributed by atoms with E-state index in [1.165, 1.54) is 11.4 Å². The number of benzene rings is 1. The summed E-state index contributed by atoms with van der Waals surface area (Å²) in [6.45, 7) is 0.190. The molecule has 0 radical (unpaired) electrons. The SMILES string of the molecule is COc1ccccc1CN(C)S(=O)(=O)C1CCCCC1F. The van der Waals surface area contributed by atoms with Gasteiger partial charge in [0, 0.05) is 19.2 Å².